The molecule has 3 rings (SSSR count). The van der Waals surface area contributed by atoms with Gasteiger partial charge in [-0.3, -0.25) is 14.9 Å². The van der Waals surface area contributed by atoms with E-state index in [0.29, 0.717) is 12.4 Å². The fourth-order valence-electron chi connectivity index (χ4n) is 2.26. The molecule has 116 valence electrons. The number of anilines is 1. The summed E-state index contributed by atoms with van der Waals surface area (Å²) in [5.41, 5.74) is 1.13. The summed E-state index contributed by atoms with van der Waals surface area (Å²) in [5, 5.41) is 14.7. The highest BCUT2D eigenvalue weighted by Gasteiger charge is 2.11. The molecule has 0 fully saturated rings. The number of para-hydroxylation sites is 1. The van der Waals surface area contributed by atoms with E-state index in [-0.39, 0.29) is 16.3 Å². The summed E-state index contributed by atoms with van der Waals surface area (Å²) in [6.45, 7) is 0.314. The van der Waals surface area contributed by atoms with Crippen LogP contribution in [0.4, 0.5) is 11.5 Å². The Kier molecular flexibility index (Phi) is 3.94. The molecular weight excluding hydrogens is 320 g/mol. The number of hydrogen-bond donors (Lipinski definition) is 2. The number of H-pyrrole nitrogens is 1. The Balaban J connectivity index is 1.89. The molecule has 0 aliphatic carbocycles. The lowest BCUT2D eigenvalue weighted by Crippen LogP contribution is -2.10. The Hall–Kier alpha value is -2.93. The van der Waals surface area contributed by atoms with Gasteiger partial charge in [-0.1, -0.05) is 29.8 Å². The van der Waals surface area contributed by atoms with Crippen LogP contribution in [0.5, 0.6) is 0 Å². The van der Waals surface area contributed by atoms with Crippen LogP contribution in [0.2, 0.25) is 5.02 Å². The van der Waals surface area contributed by atoms with Gasteiger partial charge >= 0.3 is 0 Å². The van der Waals surface area contributed by atoms with Crippen molar-refractivity contribution in [2.75, 3.05) is 5.32 Å². The molecule has 8 heteroatoms. The third-order valence-electron chi connectivity index (χ3n) is 3.32. The van der Waals surface area contributed by atoms with E-state index in [1.165, 1.54) is 12.1 Å². The molecule has 0 atom stereocenters. The van der Waals surface area contributed by atoms with Crippen molar-refractivity contribution in [2.24, 2.45) is 0 Å². The van der Waals surface area contributed by atoms with E-state index in [9.17, 15) is 14.9 Å². The monoisotopic (exact) mass is 330 g/mol. The molecule has 0 unspecified atom stereocenters. The number of aromatic nitrogens is 2. The Morgan fingerprint density at radius 3 is 2.83 bits per heavy atom. The van der Waals surface area contributed by atoms with Crippen LogP contribution in [-0.2, 0) is 6.54 Å². The molecule has 0 amide bonds. The number of halogens is 1. The molecule has 3 aromatic rings. The zero-order chi connectivity index (χ0) is 16.4. The highest BCUT2D eigenvalue weighted by atomic mass is 35.5. The van der Waals surface area contributed by atoms with Crippen molar-refractivity contribution in [1.29, 1.82) is 0 Å². The molecule has 0 spiro atoms. The van der Waals surface area contributed by atoms with Gasteiger partial charge in [0.05, 0.1) is 9.95 Å². The number of nitrogens with one attached hydrogen (secondary N) is 2. The molecule has 2 N–H and O–H groups in total. The first kappa shape index (κ1) is 15.0. The van der Waals surface area contributed by atoms with Gasteiger partial charge in [0.15, 0.2) is 0 Å². The third-order valence-corrected chi connectivity index (χ3v) is 3.61. The zero-order valence-electron chi connectivity index (χ0n) is 11.7. The quantitative estimate of drug-likeness (QED) is 0.565. The number of benzene rings is 1. The summed E-state index contributed by atoms with van der Waals surface area (Å²) in [7, 11) is 0. The standard InChI is InChI=1S/C15H11ClN4O3/c16-12-6-10(20(22)23)8-18-15(12)17-7-9-5-14(21)19-13-4-2-1-3-11(9)13/h1-6,8H,7H2,(H,17,18)(H,19,21). The molecule has 0 aliphatic heterocycles. The van der Waals surface area contributed by atoms with Crippen molar-refractivity contribution >= 4 is 34.0 Å². The molecule has 0 saturated heterocycles. The molecule has 0 bridgehead atoms. The molecule has 0 saturated carbocycles. The van der Waals surface area contributed by atoms with Crippen LogP contribution in [0.1, 0.15) is 5.56 Å². The average molecular weight is 331 g/mol. The zero-order valence-corrected chi connectivity index (χ0v) is 12.5. The molecule has 23 heavy (non-hydrogen) atoms. The van der Waals surface area contributed by atoms with Gasteiger partial charge in [-0.05, 0) is 11.6 Å². The van der Waals surface area contributed by atoms with E-state index in [1.807, 2.05) is 24.3 Å². The summed E-state index contributed by atoms with van der Waals surface area (Å²) in [4.78, 5) is 28.5. The van der Waals surface area contributed by atoms with Crippen LogP contribution < -0.4 is 10.9 Å². The normalized spacial score (nSPS) is 10.7. The van der Waals surface area contributed by atoms with Crippen LogP contribution in [0.15, 0.2) is 47.4 Å². The van der Waals surface area contributed by atoms with E-state index in [2.05, 4.69) is 15.3 Å². The number of nitro groups is 1. The van der Waals surface area contributed by atoms with Crippen LogP contribution in [0.25, 0.3) is 10.9 Å². The maximum absolute atomic E-state index is 11.7. The summed E-state index contributed by atoms with van der Waals surface area (Å²) >= 11 is 5.99. The first-order valence-corrected chi connectivity index (χ1v) is 7.07. The largest absolute Gasteiger partial charge is 0.365 e. The van der Waals surface area contributed by atoms with Crippen molar-refractivity contribution in [3.05, 3.63) is 73.6 Å². The molecule has 2 aromatic heterocycles. The number of fused-ring (bicyclic) bond motifs is 1. The number of hydrogen-bond acceptors (Lipinski definition) is 5. The molecule has 0 aliphatic rings. The minimum Gasteiger partial charge on any atom is -0.365 e. The highest BCUT2D eigenvalue weighted by molar-refractivity contribution is 6.33. The number of aromatic amines is 1. The third kappa shape index (κ3) is 3.14. The molecule has 1 aromatic carbocycles. The molecular formula is C15H11ClN4O3. The second-order valence-electron chi connectivity index (χ2n) is 4.84. The van der Waals surface area contributed by atoms with Gasteiger partial charge in [0.25, 0.3) is 5.69 Å². The predicted molar refractivity (Wildman–Crippen MR) is 87.8 cm³/mol. The number of rotatable bonds is 4. The Labute approximate surface area is 135 Å². The molecule has 0 radical (unpaired) electrons. The lowest BCUT2D eigenvalue weighted by Gasteiger charge is -2.09. The van der Waals surface area contributed by atoms with Gasteiger partial charge in [-0.25, -0.2) is 4.98 Å². The van der Waals surface area contributed by atoms with Crippen LogP contribution >= 0.6 is 11.6 Å². The van der Waals surface area contributed by atoms with E-state index >= 15 is 0 Å². The van der Waals surface area contributed by atoms with Crippen molar-refractivity contribution in [2.45, 2.75) is 6.54 Å². The van der Waals surface area contributed by atoms with Gasteiger partial charge in [0, 0.05) is 29.6 Å². The topological polar surface area (TPSA) is 101 Å². The van der Waals surface area contributed by atoms with Gasteiger partial charge in [0.1, 0.15) is 12.0 Å². The lowest BCUT2D eigenvalue weighted by atomic mass is 10.1. The van der Waals surface area contributed by atoms with Gasteiger partial charge in [0.2, 0.25) is 5.56 Å². The van der Waals surface area contributed by atoms with Crippen molar-refractivity contribution < 1.29 is 4.92 Å². The van der Waals surface area contributed by atoms with Crippen molar-refractivity contribution in [3.63, 3.8) is 0 Å². The van der Waals surface area contributed by atoms with Gasteiger partial charge < -0.3 is 10.3 Å². The summed E-state index contributed by atoms with van der Waals surface area (Å²) in [6.07, 6.45) is 1.13. The number of nitrogens with zero attached hydrogens (tertiary/aromatic N) is 2. The summed E-state index contributed by atoms with van der Waals surface area (Å²) in [6, 6.07) is 10.2. The van der Waals surface area contributed by atoms with Crippen LogP contribution in [0.3, 0.4) is 0 Å². The first-order chi connectivity index (χ1) is 11.0. The maximum Gasteiger partial charge on any atom is 0.289 e. The van der Waals surface area contributed by atoms with E-state index in [4.69, 9.17) is 11.6 Å². The smallest absolute Gasteiger partial charge is 0.289 e. The fourth-order valence-corrected chi connectivity index (χ4v) is 2.49. The second-order valence-corrected chi connectivity index (χ2v) is 5.25. The lowest BCUT2D eigenvalue weighted by molar-refractivity contribution is -0.385. The first-order valence-electron chi connectivity index (χ1n) is 6.69. The fraction of sp³-hybridized carbons (Fsp3) is 0.0667. The summed E-state index contributed by atoms with van der Waals surface area (Å²) < 4.78 is 0. The Morgan fingerprint density at radius 2 is 2.09 bits per heavy atom. The van der Waals surface area contributed by atoms with Gasteiger partial charge in [-0.2, -0.15) is 0 Å². The minimum absolute atomic E-state index is 0.147. The average Bonchev–Trinajstić information content (AvgIpc) is 2.53. The summed E-state index contributed by atoms with van der Waals surface area (Å²) in [5.74, 6) is 0.321. The second kappa shape index (κ2) is 6.05. The van der Waals surface area contributed by atoms with Crippen molar-refractivity contribution in [1.82, 2.24) is 9.97 Å². The Morgan fingerprint density at radius 1 is 1.30 bits per heavy atom. The SMILES string of the molecule is O=c1cc(CNc2ncc([N+](=O)[O-])cc2Cl)c2ccccc2[nH]1. The molecule has 2 heterocycles. The van der Waals surface area contributed by atoms with Crippen LogP contribution in [-0.4, -0.2) is 14.9 Å². The molecule has 7 nitrogen and oxygen atoms in total. The predicted octanol–water partition coefficient (Wildman–Crippen LogP) is 3.10. The number of pyridine rings is 2. The van der Waals surface area contributed by atoms with E-state index in [1.54, 1.807) is 0 Å². The van der Waals surface area contributed by atoms with E-state index in [0.717, 1.165) is 22.7 Å². The maximum atomic E-state index is 11.7. The van der Waals surface area contributed by atoms with Crippen molar-refractivity contribution in [3.8, 4) is 0 Å². The Bertz CT molecular complexity index is 955. The van der Waals surface area contributed by atoms with E-state index < -0.39 is 4.92 Å². The highest BCUT2D eigenvalue weighted by Crippen LogP contribution is 2.24. The van der Waals surface area contributed by atoms with Crippen LogP contribution in [0, 0.1) is 10.1 Å². The minimum atomic E-state index is -0.563. The van der Waals surface area contributed by atoms with Gasteiger partial charge in [-0.15, -0.1) is 0 Å².